The van der Waals surface area contributed by atoms with Crippen molar-refractivity contribution in [1.29, 1.82) is 0 Å². The monoisotopic (exact) mass is 357 g/mol. The number of nitrogens with one attached hydrogen (secondary N) is 2. The Morgan fingerprint density at radius 1 is 1.36 bits per heavy atom. The number of hydrazine groups is 1. The molecule has 0 radical (unpaired) electrons. The fraction of sp³-hybridized carbons (Fsp3) is 0.167. The van der Waals surface area contributed by atoms with E-state index in [1.165, 1.54) is 29.2 Å². The minimum atomic E-state index is -0.466. The molecule has 0 aliphatic rings. The van der Waals surface area contributed by atoms with E-state index >= 15 is 0 Å². The molecule has 0 fully saturated rings. The summed E-state index contributed by atoms with van der Waals surface area (Å²) in [5.74, 6) is -0.817. The Morgan fingerprint density at radius 3 is 2.77 bits per heavy atom. The van der Waals surface area contributed by atoms with Crippen molar-refractivity contribution < 1.29 is 9.59 Å². The number of anilines is 1. The zero-order valence-electron chi connectivity index (χ0n) is 11.4. The number of thioether (sulfide) groups is 1. The van der Waals surface area contributed by atoms with E-state index in [0.29, 0.717) is 20.1 Å². The van der Waals surface area contributed by atoms with E-state index in [1.54, 1.807) is 25.1 Å². The Balaban J connectivity index is 1.85. The van der Waals surface area contributed by atoms with Crippen LogP contribution < -0.4 is 16.6 Å². The number of carbonyl (C=O) groups is 2. The normalized spacial score (nSPS) is 11.7. The van der Waals surface area contributed by atoms with Gasteiger partial charge in [-0.2, -0.15) is 0 Å². The second-order valence-corrected chi connectivity index (χ2v) is 7.15. The van der Waals surface area contributed by atoms with Crippen LogP contribution in [0.3, 0.4) is 0 Å². The number of aromatic nitrogens is 2. The van der Waals surface area contributed by atoms with Gasteiger partial charge in [0.15, 0.2) is 4.34 Å². The number of halogens is 1. The average Bonchev–Trinajstić information content (AvgIpc) is 2.89. The largest absolute Gasteiger partial charge is 0.374 e. The lowest BCUT2D eigenvalue weighted by Crippen LogP contribution is -2.44. The fourth-order valence-corrected chi connectivity index (χ4v) is 3.37. The van der Waals surface area contributed by atoms with Gasteiger partial charge in [0, 0.05) is 10.6 Å². The predicted molar refractivity (Wildman–Crippen MR) is 86.7 cm³/mol. The Bertz CT molecular complexity index is 694. The number of benzene rings is 1. The topological polar surface area (TPSA) is 110 Å². The van der Waals surface area contributed by atoms with Crippen LogP contribution in [0.1, 0.15) is 17.3 Å². The van der Waals surface area contributed by atoms with Gasteiger partial charge in [-0.05, 0) is 25.1 Å². The molecule has 0 unspecified atom stereocenters. The van der Waals surface area contributed by atoms with Crippen LogP contribution in [-0.4, -0.2) is 27.3 Å². The van der Waals surface area contributed by atoms with E-state index in [1.807, 2.05) is 0 Å². The second kappa shape index (κ2) is 7.43. The maximum Gasteiger partial charge on any atom is 0.269 e. The number of nitrogen functional groups attached to an aromatic ring is 1. The molecule has 1 atom stereocenters. The van der Waals surface area contributed by atoms with Crippen molar-refractivity contribution in [1.82, 2.24) is 21.0 Å². The molecule has 2 rings (SSSR count). The van der Waals surface area contributed by atoms with E-state index in [9.17, 15) is 9.59 Å². The summed E-state index contributed by atoms with van der Waals surface area (Å²) in [6.07, 6.45) is 0. The molecule has 10 heteroatoms. The molecule has 0 aliphatic heterocycles. The Kier molecular flexibility index (Phi) is 5.58. The maximum absolute atomic E-state index is 11.9. The highest BCUT2D eigenvalue weighted by Crippen LogP contribution is 2.27. The van der Waals surface area contributed by atoms with Crippen LogP contribution in [0.15, 0.2) is 28.6 Å². The molecular formula is C12H12ClN5O2S2. The van der Waals surface area contributed by atoms with Gasteiger partial charge < -0.3 is 5.73 Å². The third-order valence-electron chi connectivity index (χ3n) is 2.45. The zero-order valence-corrected chi connectivity index (χ0v) is 13.8. The van der Waals surface area contributed by atoms with Crippen LogP contribution in [0.25, 0.3) is 0 Å². The van der Waals surface area contributed by atoms with Crippen LogP contribution in [-0.2, 0) is 4.79 Å². The Morgan fingerprint density at radius 2 is 2.14 bits per heavy atom. The summed E-state index contributed by atoms with van der Waals surface area (Å²) in [7, 11) is 0. The minimum absolute atomic E-state index is 0.337. The van der Waals surface area contributed by atoms with Crippen molar-refractivity contribution in [3.63, 3.8) is 0 Å². The van der Waals surface area contributed by atoms with Gasteiger partial charge in [0.1, 0.15) is 0 Å². The number of nitrogens with zero attached hydrogens (tertiary/aromatic N) is 2. The van der Waals surface area contributed by atoms with Gasteiger partial charge in [0.05, 0.1) is 5.25 Å². The summed E-state index contributed by atoms with van der Waals surface area (Å²) in [5.41, 5.74) is 10.5. The average molecular weight is 358 g/mol. The highest BCUT2D eigenvalue weighted by atomic mass is 35.5. The first kappa shape index (κ1) is 16.5. The summed E-state index contributed by atoms with van der Waals surface area (Å²) in [6.45, 7) is 1.68. The van der Waals surface area contributed by atoms with Crippen molar-refractivity contribution in [2.24, 2.45) is 0 Å². The molecule has 1 aromatic carbocycles. The van der Waals surface area contributed by atoms with E-state index in [4.69, 9.17) is 17.3 Å². The molecular weight excluding hydrogens is 346 g/mol. The predicted octanol–water partition coefficient (Wildman–Crippen LogP) is 1.72. The summed E-state index contributed by atoms with van der Waals surface area (Å²) in [6, 6.07) is 6.40. The minimum Gasteiger partial charge on any atom is -0.374 e. The molecule has 4 N–H and O–H groups in total. The van der Waals surface area contributed by atoms with E-state index in [-0.39, 0.29) is 5.91 Å². The van der Waals surface area contributed by atoms with Crippen molar-refractivity contribution in [2.75, 3.05) is 5.73 Å². The molecule has 2 aromatic rings. The van der Waals surface area contributed by atoms with Gasteiger partial charge in [-0.15, -0.1) is 10.2 Å². The van der Waals surface area contributed by atoms with Crippen LogP contribution in [0.2, 0.25) is 5.02 Å². The molecule has 1 aromatic heterocycles. The second-order valence-electron chi connectivity index (χ2n) is 4.12. The molecule has 0 saturated carbocycles. The van der Waals surface area contributed by atoms with Gasteiger partial charge in [0.2, 0.25) is 5.13 Å². The molecule has 22 heavy (non-hydrogen) atoms. The summed E-state index contributed by atoms with van der Waals surface area (Å²) in [4.78, 5) is 23.8. The van der Waals surface area contributed by atoms with Crippen LogP contribution >= 0.6 is 34.7 Å². The van der Waals surface area contributed by atoms with Crippen molar-refractivity contribution in [2.45, 2.75) is 16.5 Å². The highest BCUT2D eigenvalue weighted by molar-refractivity contribution is 8.02. The van der Waals surface area contributed by atoms with Crippen LogP contribution in [0.4, 0.5) is 5.13 Å². The maximum atomic E-state index is 11.9. The Hall–Kier alpha value is -1.84. The third kappa shape index (κ3) is 4.58. The molecule has 1 heterocycles. The number of rotatable bonds is 4. The van der Waals surface area contributed by atoms with Gasteiger partial charge >= 0.3 is 0 Å². The Labute approximate surface area is 139 Å². The lowest BCUT2D eigenvalue weighted by molar-refractivity contribution is -0.121. The van der Waals surface area contributed by atoms with Crippen LogP contribution in [0.5, 0.6) is 0 Å². The molecule has 0 bridgehead atoms. The molecule has 0 saturated heterocycles. The van der Waals surface area contributed by atoms with E-state index < -0.39 is 11.2 Å². The van der Waals surface area contributed by atoms with Gasteiger partial charge in [-0.1, -0.05) is 40.8 Å². The SMILES string of the molecule is C[C@H](Sc1nnc(N)s1)C(=O)NNC(=O)c1cccc(Cl)c1. The van der Waals surface area contributed by atoms with Crippen molar-refractivity contribution >= 4 is 51.6 Å². The van der Waals surface area contributed by atoms with E-state index in [0.717, 1.165) is 0 Å². The number of hydrogen-bond donors (Lipinski definition) is 3. The zero-order chi connectivity index (χ0) is 16.1. The third-order valence-corrected chi connectivity index (χ3v) is 4.63. The summed E-state index contributed by atoms with van der Waals surface area (Å²) in [5, 5.41) is 7.79. The van der Waals surface area contributed by atoms with Gasteiger partial charge in [-0.25, -0.2) is 0 Å². The fourth-order valence-electron chi connectivity index (χ4n) is 1.39. The van der Waals surface area contributed by atoms with Crippen molar-refractivity contribution in [3.05, 3.63) is 34.9 Å². The smallest absolute Gasteiger partial charge is 0.269 e. The molecule has 0 spiro atoms. The lowest BCUT2D eigenvalue weighted by atomic mass is 10.2. The van der Waals surface area contributed by atoms with Crippen LogP contribution in [0, 0.1) is 0 Å². The lowest BCUT2D eigenvalue weighted by Gasteiger charge is -2.11. The highest BCUT2D eigenvalue weighted by Gasteiger charge is 2.17. The van der Waals surface area contributed by atoms with E-state index in [2.05, 4.69) is 21.0 Å². The quantitative estimate of drug-likeness (QED) is 0.567. The molecule has 116 valence electrons. The van der Waals surface area contributed by atoms with Crippen molar-refractivity contribution in [3.8, 4) is 0 Å². The number of nitrogens with two attached hydrogens (primary N) is 1. The summed E-state index contributed by atoms with van der Waals surface area (Å²) < 4.78 is 0.585. The number of carbonyl (C=O) groups excluding carboxylic acids is 2. The first-order chi connectivity index (χ1) is 10.5. The van der Waals surface area contributed by atoms with Gasteiger partial charge in [-0.3, -0.25) is 20.4 Å². The first-order valence-electron chi connectivity index (χ1n) is 6.07. The summed E-state index contributed by atoms with van der Waals surface area (Å²) >= 11 is 8.20. The molecule has 0 aliphatic carbocycles. The molecule has 2 amide bonds. The standard InChI is InChI=1S/C12H12ClN5O2S2/c1-6(21-12-18-17-11(14)22-12)9(19)15-16-10(20)7-3-2-4-8(13)5-7/h2-6H,1H3,(H2,14,17)(H,15,19)(H,16,20)/t6-/m0/s1. The first-order valence-corrected chi connectivity index (χ1v) is 8.14. The number of amides is 2. The number of hydrogen-bond acceptors (Lipinski definition) is 7. The molecule has 7 nitrogen and oxygen atoms in total. The van der Waals surface area contributed by atoms with Gasteiger partial charge in [0.25, 0.3) is 11.8 Å².